The number of hydrogen-bond acceptors (Lipinski definition) is 2. The van der Waals surface area contributed by atoms with Crippen LogP contribution in [0.3, 0.4) is 0 Å². The van der Waals surface area contributed by atoms with E-state index in [0.717, 1.165) is 32.4 Å². The zero-order valence-corrected chi connectivity index (χ0v) is 7.42. The molecule has 1 rings (SSSR count). The van der Waals surface area contributed by atoms with Crippen molar-refractivity contribution in [3.63, 3.8) is 0 Å². The molecule has 0 aromatic carbocycles. The zero-order chi connectivity index (χ0) is 8.81. The quantitative estimate of drug-likeness (QED) is 0.585. The summed E-state index contributed by atoms with van der Waals surface area (Å²) in [6, 6.07) is 0. The van der Waals surface area contributed by atoms with Gasteiger partial charge in [0.2, 0.25) is 5.91 Å². The standard InChI is InChI=1S/C9H16NO2/c1-2-7-12-8-9(11)10-5-3-4-6-10/h1-8H2. The molecule has 12 heavy (non-hydrogen) atoms. The van der Waals surface area contributed by atoms with Gasteiger partial charge in [0.05, 0.1) is 0 Å². The Balaban J connectivity index is 2.10. The summed E-state index contributed by atoms with van der Waals surface area (Å²) < 4.78 is 5.10. The number of hydrogen-bond donors (Lipinski definition) is 0. The van der Waals surface area contributed by atoms with E-state index in [1.807, 2.05) is 4.90 Å². The molecule has 0 aromatic heterocycles. The maximum Gasteiger partial charge on any atom is 0.248 e. The summed E-state index contributed by atoms with van der Waals surface area (Å²) in [5.41, 5.74) is 0. The molecule has 1 fully saturated rings. The first-order valence-electron chi connectivity index (χ1n) is 4.49. The van der Waals surface area contributed by atoms with Gasteiger partial charge in [-0.3, -0.25) is 4.79 Å². The normalized spacial score (nSPS) is 16.9. The van der Waals surface area contributed by atoms with Gasteiger partial charge in [-0.1, -0.05) is 6.92 Å². The third kappa shape index (κ3) is 2.81. The molecule has 0 atom stereocenters. The van der Waals surface area contributed by atoms with Gasteiger partial charge < -0.3 is 9.64 Å². The van der Waals surface area contributed by atoms with Crippen LogP contribution in [0.25, 0.3) is 0 Å². The fraction of sp³-hybridized carbons (Fsp3) is 0.778. The molecule has 3 nitrogen and oxygen atoms in total. The zero-order valence-electron chi connectivity index (χ0n) is 7.42. The molecule has 0 aromatic rings. The number of carbonyl (C=O) groups is 1. The highest BCUT2D eigenvalue weighted by Gasteiger charge is 2.17. The Morgan fingerprint density at radius 3 is 2.67 bits per heavy atom. The van der Waals surface area contributed by atoms with Crippen LogP contribution in [0.2, 0.25) is 0 Å². The minimum Gasteiger partial charge on any atom is -0.372 e. The van der Waals surface area contributed by atoms with Crippen molar-refractivity contribution in [3.05, 3.63) is 6.92 Å². The van der Waals surface area contributed by atoms with Crippen LogP contribution in [0.1, 0.15) is 19.3 Å². The van der Waals surface area contributed by atoms with Crippen LogP contribution >= 0.6 is 0 Å². The van der Waals surface area contributed by atoms with E-state index in [-0.39, 0.29) is 12.5 Å². The average Bonchev–Trinajstić information content (AvgIpc) is 2.56. The van der Waals surface area contributed by atoms with Gasteiger partial charge in [0.1, 0.15) is 6.61 Å². The van der Waals surface area contributed by atoms with Crippen LogP contribution in [-0.2, 0) is 9.53 Å². The first-order valence-corrected chi connectivity index (χ1v) is 4.49. The summed E-state index contributed by atoms with van der Waals surface area (Å²) >= 11 is 0. The van der Waals surface area contributed by atoms with Crippen molar-refractivity contribution in [1.29, 1.82) is 0 Å². The fourth-order valence-electron chi connectivity index (χ4n) is 1.32. The summed E-state index contributed by atoms with van der Waals surface area (Å²) in [6.45, 7) is 6.26. The largest absolute Gasteiger partial charge is 0.372 e. The van der Waals surface area contributed by atoms with Gasteiger partial charge in [-0.2, -0.15) is 0 Å². The lowest BCUT2D eigenvalue weighted by Crippen LogP contribution is -2.31. The molecule has 1 saturated heterocycles. The van der Waals surface area contributed by atoms with Crippen LogP contribution in [0, 0.1) is 6.92 Å². The molecule has 0 spiro atoms. The highest BCUT2D eigenvalue weighted by atomic mass is 16.5. The van der Waals surface area contributed by atoms with E-state index in [2.05, 4.69) is 6.92 Å². The number of nitrogens with zero attached hydrogens (tertiary/aromatic N) is 1. The number of rotatable bonds is 4. The van der Waals surface area contributed by atoms with E-state index >= 15 is 0 Å². The number of likely N-dealkylation sites (tertiary alicyclic amines) is 1. The van der Waals surface area contributed by atoms with Gasteiger partial charge in [0.15, 0.2) is 0 Å². The van der Waals surface area contributed by atoms with Crippen LogP contribution in [-0.4, -0.2) is 37.1 Å². The molecule has 1 radical (unpaired) electrons. The molecular formula is C9H16NO2. The predicted molar refractivity (Wildman–Crippen MR) is 46.6 cm³/mol. The van der Waals surface area contributed by atoms with Gasteiger partial charge in [0, 0.05) is 19.7 Å². The molecule has 1 aliphatic rings. The van der Waals surface area contributed by atoms with E-state index < -0.39 is 0 Å². The summed E-state index contributed by atoms with van der Waals surface area (Å²) in [4.78, 5) is 13.2. The minimum absolute atomic E-state index is 0.126. The van der Waals surface area contributed by atoms with E-state index in [0.29, 0.717) is 6.61 Å². The second-order valence-electron chi connectivity index (χ2n) is 2.99. The minimum atomic E-state index is 0.126. The summed E-state index contributed by atoms with van der Waals surface area (Å²) in [5, 5.41) is 0. The molecule has 1 amide bonds. The van der Waals surface area contributed by atoms with E-state index in [9.17, 15) is 4.79 Å². The smallest absolute Gasteiger partial charge is 0.248 e. The summed E-state index contributed by atoms with van der Waals surface area (Å²) in [5.74, 6) is 0.126. The predicted octanol–water partition coefficient (Wildman–Crippen LogP) is 0.850. The third-order valence-corrected chi connectivity index (χ3v) is 1.97. The highest BCUT2D eigenvalue weighted by Crippen LogP contribution is 2.07. The second kappa shape index (κ2) is 5.14. The molecule has 3 heteroatoms. The maximum atomic E-state index is 11.3. The Hall–Kier alpha value is -0.570. The van der Waals surface area contributed by atoms with Gasteiger partial charge >= 0.3 is 0 Å². The van der Waals surface area contributed by atoms with Gasteiger partial charge in [-0.05, 0) is 19.3 Å². The molecule has 69 valence electrons. The Morgan fingerprint density at radius 1 is 1.42 bits per heavy atom. The molecule has 0 unspecified atom stereocenters. The van der Waals surface area contributed by atoms with Crippen LogP contribution in [0.4, 0.5) is 0 Å². The first-order chi connectivity index (χ1) is 5.84. The lowest BCUT2D eigenvalue weighted by molar-refractivity contribution is -0.134. The third-order valence-electron chi connectivity index (χ3n) is 1.97. The molecule has 0 N–H and O–H groups in total. The Bertz CT molecular complexity index is 141. The first kappa shape index (κ1) is 9.52. The van der Waals surface area contributed by atoms with E-state index in [1.165, 1.54) is 0 Å². The van der Waals surface area contributed by atoms with Crippen molar-refractivity contribution in [2.75, 3.05) is 26.3 Å². The van der Waals surface area contributed by atoms with Crippen molar-refractivity contribution in [3.8, 4) is 0 Å². The molecule has 0 aliphatic carbocycles. The van der Waals surface area contributed by atoms with Crippen LogP contribution in [0.5, 0.6) is 0 Å². The molecule has 1 heterocycles. The average molecular weight is 170 g/mol. The Morgan fingerprint density at radius 2 is 2.08 bits per heavy atom. The SMILES string of the molecule is [CH2]CCOCC(=O)N1CCCC1. The van der Waals surface area contributed by atoms with Crippen molar-refractivity contribution in [1.82, 2.24) is 4.90 Å². The number of carbonyl (C=O) groups excluding carboxylic acids is 1. The molecule has 0 bridgehead atoms. The molecule has 1 aliphatic heterocycles. The summed E-state index contributed by atoms with van der Waals surface area (Å²) in [6.07, 6.45) is 3.01. The van der Waals surface area contributed by atoms with Crippen molar-refractivity contribution >= 4 is 5.91 Å². The number of amides is 1. The topological polar surface area (TPSA) is 29.5 Å². The molecule has 0 saturated carbocycles. The second-order valence-corrected chi connectivity index (χ2v) is 2.99. The Labute approximate surface area is 73.7 Å². The fourth-order valence-corrected chi connectivity index (χ4v) is 1.32. The number of ether oxygens (including phenoxy) is 1. The monoisotopic (exact) mass is 170 g/mol. The van der Waals surface area contributed by atoms with E-state index in [4.69, 9.17) is 4.74 Å². The van der Waals surface area contributed by atoms with Crippen molar-refractivity contribution < 1.29 is 9.53 Å². The van der Waals surface area contributed by atoms with Gasteiger partial charge in [0.25, 0.3) is 0 Å². The Kier molecular flexibility index (Phi) is 4.08. The molecular weight excluding hydrogens is 154 g/mol. The summed E-state index contributed by atoms with van der Waals surface area (Å²) in [7, 11) is 0. The van der Waals surface area contributed by atoms with Gasteiger partial charge in [-0.25, -0.2) is 0 Å². The van der Waals surface area contributed by atoms with Crippen molar-refractivity contribution in [2.24, 2.45) is 0 Å². The van der Waals surface area contributed by atoms with Crippen molar-refractivity contribution in [2.45, 2.75) is 19.3 Å². The van der Waals surface area contributed by atoms with Crippen LogP contribution in [0.15, 0.2) is 0 Å². The van der Waals surface area contributed by atoms with Crippen LogP contribution < -0.4 is 0 Å². The van der Waals surface area contributed by atoms with Gasteiger partial charge in [-0.15, -0.1) is 0 Å². The van der Waals surface area contributed by atoms with E-state index in [1.54, 1.807) is 0 Å². The lowest BCUT2D eigenvalue weighted by Gasteiger charge is -2.14. The lowest BCUT2D eigenvalue weighted by atomic mass is 10.4. The maximum absolute atomic E-state index is 11.3. The highest BCUT2D eigenvalue weighted by molar-refractivity contribution is 5.77.